The minimum absolute atomic E-state index is 0.224. The van der Waals surface area contributed by atoms with Gasteiger partial charge in [0, 0.05) is 11.8 Å². The smallest absolute Gasteiger partial charge is 0.221 e. The van der Waals surface area contributed by atoms with Gasteiger partial charge in [-0.2, -0.15) is 4.98 Å². The standard InChI is InChI=1S/C13H16N4/c1-9-4-2-3-5-10(9)6-7-11-8-16-13(15)17-12(11)14/h2-5,8H,6-7H2,1H3,(H4,14,15,16,17). The van der Waals surface area contributed by atoms with Gasteiger partial charge in [0.25, 0.3) is 0 Å². The van der Waals surface area contributed by atoms with E-state index in [1.165, 1.54) is 11.1 Å². The highest BCUT2D eigenvalue weighted by atomic mass is 15.0. The summed E-state index contributed by atoms with van der Waals surface area (Å²) in [6, 6.07) is 8.33. The zero-order valence-electron chi connectivity index (χ0n) is 9.85. The molecule has 0 aliphatic heterocycles. The summed E-state index contributed by atoms with van der Waals surface area (Å²) in [5.41, 5.74) is 14.8. The van der Waals surface area contributed by atoms with E-state index in [0.29, 0.717) is 5.82 Å². The van der Waals surface area contributed by atoms with E-state index in [9.17, 15) is 0 Å². The first-order chi connectivity index (χ1) is 8.16. The summed E-state index contributed by atoms with van der Waals surface area (Å²) in [6.07, 6.45) is 3.47. The first-order valence-corrected chi connectivity index (χ1v) is 5.58. The van der Waals surface area contributed by atoms with E-state index in [-0.39, 0.29) is 5.95 Å². The van der Waals surface area contributed by atoms with Crippen LogP contribution in [0.3, 0.4) is 0 Å². The van der Waals surface area contributed by atoms with Crippen LogP contribution in [0.2, 0.25) is 0 Å². The summed E-state index contributed by atoms with van der Waals surface area (Å²) in [5.74, 6) is 0.702. The Morgan fingerprint density at radius 3 is 2.47 bits per heavy atom. The highest BCUT2D eigenvalue weighted by molar-refractivity contribution is 5.42. The van der Waals surface area contributed by atoms with Gasteiger partial charge in [-0.3, -0.25) is 0 Å². The Hall–Kier alpha value is -2.10. The van der Waals surface area contributed by atoms with Gasteiger partial charge < -0.3 is 11.5 Å². The van der Waals surface area contributed by atoms with Crippen LogP contribution in [-0.2, 0) is 12.8 Å². The highest BCUT2D eigenvalue weighted by Gasteiger charge is 2.04. The van der Waals surface area contributed by atoms with Crippen molar-refractivity contribution >= 4 is 11.8 Å². The van der Waals surface area contributed by atoms with E-state index in [1.807, 2.05) is 12.1 Å². The number of aryl methyl sites for hydroxylation is 3. The van der Waals surface area contributed by atoms with Crippen molar-refractivity contribution in [1.29, 1.82) is 0 Å². The Bertz CT molecular complexity index is 523. The Morgan fingerprint density at radius 1 is 1.06 bits per heavy atom. The van der Waals surface area contributed by atoms with Gasteiger partial charge in [-0.15, -0.1) is 0 Å². The number of rotatable bonds is 3. The lowest BCUT2D eigenvalue weighted by molar-refractivity contribution is 0.932. The lowest BCUT2D eigenvalue weighted by atomic mass is 10.0. The normalized spacial score (nSPS) is 10.4. The molecule has 4 nitrogen and oxygen atoms in total. The SMILES string of the molecule is Cc1ccccc1CCc1cnc(N)nc1N. The molecule has 1 aromatic heterocycles. The molecular formula is C13H16N4. The number of hydrogen-bond donors (Lipinski definition) is 2. The van der Waals surface area contributed by atoms with Crippen LogP contribution in [0.25, 0.3) is 0 Å². The van der Waals surface area contributed by atoms with Crippen molar-refractivity contribution < 1.29 is 0 Å². The summed E-state index contributed by atoms with van der Waals surface area (Å²) >= 11 is 0. The number of nitrogens with two attached hydrogens (primary N) is 2. The van der Waals surface area contributed by atoms with Crippen molar-refractivity contribution in [2.24, 2.45) is 0 Å². The predicted molar refractivity (Wildman–Crippen MR) is 69.4 cm³/mol. The van der Waals surface area contributed by atoms with Gasteiger partial charge in [-0.1, -0.05) is 24.3 Å². The molecule has 4 heteroatoms. The molecule has 4 N–H and O–H groups in total. The largest absolute Gasteiger partial charge is 0.383 e. The van der Waals surface area contributed by atoms with Crippen molar-refractivity contribution in [1.82, 2.24) is 9.97 Å². The van der Waals surface area contributed by atoms with Crippen molar-refractivity contribution in [2.75, 3.05) is 11.5 Å². The molecule has 1 aromatic carbocycles. The molecular weight excluding hydrogens is 212 g/mol. The van der Waals surface area contributed by atoms with Gasteiger partial charge >= 0.3 is 0 Å². The maximum atomic E-state index is 5.79. The molecule has 88 valence electrons. The molecule has 0 fully saturated rings. The van der Waals surface area contributed by atoms with Gasteiger partial charge in [0.15, 0.2) is 0 Å². The number of aromatic nitrogens is 2. The molecule has 2 aromatic rings. The molecule has 0 amide bonds. The summed E-state index contributed by atoms with van der Waals surface area (Å²) in [7, 11) is 0. The summed E-state index contributed by atoms with van der Waals surface area (Å²) in [5, 5.41) is 0. The fraction of sp³-hybridized carbons (Fsp3) is 0.231. The van der Waals surface area contributed by atoms with Crippen LogP contribution in [0, 0.1) is 6.92 Å². The number of hydrogen-bond acceptors (Lipinski definition) is 4. The van der Waals surface area contributed by atoms with Crippen LogP contribution in [0.5, 0.6) is 0 Å². The van der Waals surface area contributed by atoms with Gasteiger partial charge in [-0.25, -0.2) is 4.98 Å². The number of benzene rings is 1. The molecule has 0 aliphatic rings. The lowest BCUT2D eigenvalue weighted by Gasteiger charge is -2.07. The van der Waals surface area contributed by atoms with E-state index in [1.54, 1.807) is 6.20 Å². The van der Waals surface area contributed by atoms with Crippen molar-refractivity contribution in [3.8, 4) is 0 Å². The average Bonchev–Trinajstić information content (AvgIpc) is 2.30. The molecule has 0 saturated carbocycles. The van der Waals surface area contributed by atoms with E-state index in [4.69, 9.17) is 11.5 Å². The molecule has 0 spiro atoms. The zero-order chi connectivity index (χ0) is 12.3. The van der Waals surface area contributed by atoms with Crippen molar-refractivity contribution in [3.05, 3.63) is 47.2 Å². The van der Waals surface area contributed by atoms with Crippen LogP contribution in [0.15, 0.2) is 30.5 Å². The summed E-state index contributed by atoms with van der Waals surface area (Å²) < 4.78 is 0. The Labute approximate surface area is 101 Å². The van der Waals surface area contributed by atoms with Gasteiger partial charge in [-0.05, 0) is 30.9 Å². The maximum Gasteiger partial charge on any atom is 0.221 e. The van der Waals surface area contributed by atoms with Crippen LogP contribution in [0.1, 0.15) is 16.7 Å². The molecule has 0 saturated heterocycles. The molecule has 17 heavy (non-hydrogen) atoms. The van der Waals surface area contributed by atoms with Crippen LogP contribution in [-0.4, -0.2) is 9.97 Å². The van der Waals surface area contributed by atoms with E-state index in [2.05, 4.69) is 29.0 Å². The lowest BCUT2D eigenvalue weighted by Crippen LogP contribution is -2.04. The van der Waals surface area contributed by atoms with Gasteiger partial charge in [0.05, 0.1) is 0 Å². The molecule has 0 aliphatic carbocycles. The second kappa shape index (κ2) is 4.82. The first kappa shape index (κ1) is 11.4. The van der Waals surface area contributed by atoms with Crippen LogP contribution < -0.4 is 11.5 Å². The third kappa shape index (κ3) is 2.72. The van der Waals surface area contributed by atoms with Crippen molar-refractivity contribution in [2.45, 2.75) is 19.8 Å². The third-order valence-electron chi connectivity index (χ3n) is 2.84. The fourth-order valence-corrected chi connectivity index (χ4v) is 1.79. The predicted octanol–water partition coefficient (Wildman–Crippen LogP) is 1.73. The summed E-state index contributed by atoms with van der Waals surface area (Å²) in [4.78, 5) is 7.91. The van der Waals surface area contributed by atoms with Crippen LogP contribution >= 0.6 is 0 Å². The summed E-state index contributed by atoms with van der Waals surface area (Å²) in [6.45, 7) is 2.11. The number of nitrogen functional groups attached to an aromatic ring is 2. The Balaban J connectivity index is 2.10. The monoisotopic (exact) mass is 228 g/mol. The maximum absolute atomic E-state index is 5.79. The Kier molecular flexibility index (Phi) is 3.23. The molecule has 0 unspecified atom stereocenters. The van der Waals surface area contributed by atoms with E-state index >= 15 is 0 Å². The quantitative estimate of drug-likeness (QED) is 0.838. The third-order valence-corrected chi connectivity index (χ3v) is 2.84. The van der Waals surface area contributed by atoms with E-state index in [0.717, 1.165) is 18.4 Å². The number of anilines is 2. The molecule has 0 radical (unpaired) electrons. The second-order valence-corrected chi connectivity index (χ2v) is 4.07. The highest BCUT2D eigenvalue weighted by Crippen LogP contribution is 2.14. The topological polar surface area (TPSA) is 77.8 Å². The minimum Gasteiger partial charge on any atom is -0.383 e. The number of nitrogens with zero attached hydrogens (tertiary/aromatic N) is 2. The van der Waals surface area contributed by atoms with Crippen molar-refractivity contribution in [3.63, 3.8) is 0 Å². The average molecular weight is 228 g/mol. The Morgan fingerprint density at radius 2 is 1.76 bits per heavy atom. The first-order valence-electron chi connectivity index (χ1n) is 5.58. The second-order valence-electron chi connectivity index (χ2n) is 4.07. The molecule has 0 bridgehead atoms. The van der Waals surface area contributed by atoms with Gasteiger partial charge in [0.1, 0.15) is 5.82 Å². The minimum atomic E-state index is 0.224. The molecule has 1 heterocycles. The zero-order valence-corrected chi connectivity index (χ0v) is 9.85. The van der Waals surface area contributed by atoms with Gasteiger partial charge in [0.2, 0.25) is 5.95 Å². The fourth-order valence-electron chi connectivity index (χ4n) is 1.79. The molecule has 0 atom stereocenters. The molecule has 2 rings (SSSR count). The van der Waals surface area contributed by atoms with Crippen LogP contribution in [0.4, 0.5) is 11.8 Å². The van der Waals surface area contributed by atoms with E-state index < -0.39 is 0 Å².